The van der Waals surface area contributed by atoms with Crippen molar-refractivity contribution in [2.24, 2.45) is 5.73 Å². The smallest absolute Gasteiger partial charge is 0.0988 e. The second kappa shape index (κ2) is 9.12. The Bertz CT molecular complexity index is 418. The van der Waals surface area contributed by atoms with Crippen LogP contribution in [0.2, 0.25) is 0 Å². The Morgan fingerprint density at radius 3 is 2.44 bits per heavy atom. The van der Waals surface area contributed by atoms with Gasteiger partial charge in [-0.25, -0.2) is 0 Å². The summed E-state index contributed by atoms with van der Waals surface area (Å²) in [6.45, 7) is 8.02. The fourth-order valence-electron chi connectivity index (χ4n) is 1.28. The molecule has 0 aliphatic heterocycles. The molecule has 0 rings (SSSR count). The Balaban J connectivity index is 5.07. The predicted octanol–water partition coefficient (Wildman–Crippen LogP) is 3.50. The van der Waals surface area contributed by atoms with Crippen molar-refractivity contribution in [3.05, 3.63) is 47.0 Å². The lowest BCUT2D eigenvalue weighted by atomic mass is 10.1. The van der Waals surface area contributed by atoms with Gasteiger partial charge >= 0.3 is 0 Å². The quantitative estimate of drug-likeness (QED) is 0.556. The zero-order valence-electron chi connectivity index (χ0n) is 11.7. The van der Waals surface area contributed by atoms with Crippen molar-refractivity contribution in [1.82, 2.24) is 5.32 Å². The molecule has 0 bridgehead atoms. The third-order valence-electron chi connectivity index (χ3n) is 2.56. The Labute approximate surface area is 110 Å². The molecule has 0 aliphatic rings. The largest absolute Gasteiger partial charge is 0.386 e. The summed E-state index contributed by atoms with van der Waals surface area (Å²) in [5.41, 5.74) is 8.64. The average molecular weight is 245 g/mol. The van der Waals surface area contributed by atoms with Crippen LogP contribution in [0.3, 0.4) is 0 Å². The molecule has 0 aliphatic carbocycles. The molecule has 0 amide bonds. The summed E-state index contributed by atoms with van der Waals surface area (Å²) in [6, 6.07) is 2.12. The van der Waals surface area contributed by atoms with Crippen LogP contribution in [-0.2, 0) is 0 Å². The molecule has 0 unspecified atom stereocenters. The molecule has 3 N–H and O–H groups in total. The maximum Gasteiger partial charge on any atom is 0.0988 e. The van der Waals surface area contributed by atoms with Crippen molar-refractivity contribution in [2.75, 3.05) is 0 Å². The van der Waals surface area contributed by atoms with E-state index in [0.29, 0.717) is 11.4 Å². The van der Waals surface area contributed by atoms with E-state index in [1.54, 1.807) is 12.2 Å². The molecule has 0 aromatic heterocycles. The highest BCUT2D eigenvalue weighted by molar-refractivity contribution is 5.37. The molecule has 0 radical (unpaired) electrons. The van der Waals surface area contributed by atoms with Crippen molar-refractivity contribution in [1.29, 1.82) is 5.26 Å². The summed E-state index contributed by atoms with van der Waals surface area (Å²) in [6.07, 6.45) is 9.22. The van der Waals surface area contributed by atoms with E-state index in [1.165, 1.54) is 5.57 Å². The number of nitrogens with two attached hydrogens (primary N) is 1. The van der Waals surface area contributed by atoms with E-state index < -0.39 is 0 Å². The molecule has 3 heteroatoms. The van der Waals surface area contributed by atoms with Gasteiger partial charge in [0.1, 0.15) is 0 Å². The topological polar surface area (TPSA) is 61.8 Å². The summed E-state index contributed by atoms with van der Waals surface area (Å²) in [5, 5.41) is 12.0. The minimum atomic E-state index is 0.635. The zero-order valence-corrected chi connectivity index (χ0v) is 11.7. The van der Waals surface area contributed by atoms with Crippen molar-refractivity contribution in [3.63, 3.8) is 0 Å². The lowest BCUT2D eigenvalue weighted by Crippen LogP contribution is -2.19. The predicted molar refractivity (Wildman–Crippen MR) is 77.2 cm³/mol. The van der Waals surface area contributed by atoms with Gasteiger partial charge in [-0.05, 0) is 44.9 Å². The molecule has 0 aromatic carbocycles. The number of nitriles is 1. The number of allylic oxidation sites excluding steroid dienone is 6. The highest BCUT2D eigenvalue weighted by atomic mass is 15.0. The number of hydrogen-bond donors (Lipinski definition) is 2. The second-order valence-corrected chi connectivity index (χ2v) is 3.93. The maximum atomic E-state index is 8.86. The number of nitrogens with zero attached hydrogens (tertiary/aromatic N) is 1. The minimum Gasteiger partial charge on any atom is -0.386 e. The van der Waals surface area contributed by atoms with Crippen LogP contribution in [0.4, 0.5) is 0 Å². The fraction of sp³-hybridized carbons (Fsp3) is 0.400. The zero-order chi connectivity index (χ0) is 14.0. The van der Waals surface area contributed by atoms with Crippen LogP contribution in [0.15, 0.2) is 47.0 Å². The van der Waals surface area contributed by atoms with E-state index in [0.717, 1.165) is 18.5 Å². The van der Waals surface area contributed by atoms with Gasteiger partial charge in [0.2, 0.25) is 0 Å². The second-order valence-electron chi connectivity index (χ2n) is 3.93. The molecule has 0 atom stereocenters. The summed E-state index contributed by atoms with van der Waals surface area (Å²) < 4.78 is 0. The normalized spacial score (nSPS) is 14.4. The number of rotatable bonds is 6. The molecular formula is C15H23N3. The molecule has 0 aromatic rings. The average Bonchev–Trinajstić information content (AvgIpc) is 2.37. The van der Waals surface area contributed by atoms with Crippen LogP contribution in [0, 0.1) is 11.3 Å². The number of hydrogen-bond acceptors (Lipinski definition) is 3. The van der Waals surface area contributed by atoms with Crippen LogP contribution in [0.1, 0.15) is 40.5 Å². The Kier molecular flexibility index (Phi) is 8.13. The Morgan fingerprint density at radius 2 is 2.00 bits per heavy atom. The van der Waals surface area contributed by atoms with Crippen molar-refractivity contribution >= 4 is 0 Å². The highest BCUT2D eigenvalue weighted by Gasteiger charge is 1.99. The molecule has 0 heterocycles. The first-order chi connectivity index (χ1) is 8.58. The van der Waals surface area contributed by atoms with E-state index in [1.807, 2.05) is 32.9 Å². The van der Waals surface area contributed by atoms with E-state index in [4.69, 9.17) is 11.0 Å². The third kappa shape index (κ3) is 5.95. The molecule has 0 fully saturated rings. The first-order valence-corrected chi connectivity index (χ1v) is 6.25. The Morgan fingerprint density at radius 1 is 1.33 bits per heavy atom. The molecule has 0 saturated heterocycles. The summed E-state index contributed by atoms with van der Waals surface area (Å²) in [4.78, 5) is 0. The highest BCUT2D eigenvalue weighted by Crippen LogP contribution is 2.09. The van der Waals surface area contributed by atoms with Crippen molar-refractivity contribution < 1.29 is 0 Å². The van der Waals surface area contributed by atoms with Gasteiger partial charge in [-0.2, -0.15) is 5.26 Å². The molecule has 0 saturated carbocycles. The summed E-state index contributed by atoms with van der Waals surface area (Å²) >= 11 is 0. The maximum absolute atomic E-state index is 8.86. The van der Waals surface area contributed by atoms with Crippen LogP contribution in [0.25, 0.3) is 0 Å². The van der Waals surface area contributed by atoms with Gasteiger partial charge in [0, 0.05) is 11.3 Å². The van der Waals surface area contributed by atoms with Gasteiger partial charge in [0.15, 0.2) is 0 Å². The van der Waals surface area contributed by atoms with Crippen molar-refractivity contribution in [2.45, 2.75) is 40.5 Å². The molecular weight excluding hydrogens is 222 g/mol. The van der Waals surface area contributed by atoms with E-state index in [-0.39, 0.29) is 0 Å². The van der Waals surface area contributed by atoms with E-state index in [9.17, 15) is 0 Å². The molecule has 0 spiro atoms. The Hall–Kier alpha value is -1.95. The number of nitrogens with one attached hydrogen (secondary N) is 1. The standard InChI is InChI=1S/C15H23N3/c1-5-8-15(17)18-14(12(4)6-2)10-9-13(7-3)11-16/h7-10,18H,5-6,17H2,1-4H3/b10-9-,13-7+,14-12?,15-8+. The monoisotopic (exact) mass is 245 g/mol. The first-order valence-electron chi connectivity index (χ1n) is 6.25. The summed E-state index contributed by atoms with van der Waals surface area (Å²) in [5.74, 6) is 0.643. The SMILES string of the molecule is C/C=C(C#N)\C=C/C(N/C(N)=C/CC)=C(C)CC. The summed E-state index contributed by atoms with van der Waals surface area (Å²) in [7, 11) is 0. The lowest BCUT2D eigenvalue weighted by Gasteiger charge is -2.11. The molecule has 3 nitrogen and oxygen atoms in total. The minimum absolute atomic E-state index is 0.635. The molecule has 98 valence electrons. The molecule has 18 heavy (non-hydrogen) atoms. The fourth-order valence-corrected chi connectivity index (χ4v) is 1.28. The van der Waals surface area contributed by atoms with Crippen LogP contribution in [-0.4, -0.2) is 0 Å². The van der Waals surface area contributed by atoms with Crippen molar-refractivity contribution in [3.8, 4) is 6.07 Å². The third-order valence-corrected chi connectivity index (χ3v) is 2.56. The van der Waals surface area contributed by atoms with Gasteiger partial charge in [-0.1, -0.05) is 25.5 Å². The van der Waals surface area contributed by atoms with Gasteiger partial charge in [-0.15, -0.1) is 0 Å². The first kappa shape index (κ1) is 16.1. The van der Waals surface area contributed by atoms with Gasteiger partial charge < -0.3 is 11.1 Å². The van der Waals surface area contributed by atoms with E-state index in [2.05, 4.69) is 18.3 Å². The van der Waals surface area contributed by atoms with Crippen LogP contribution in [0.5, 0.6) is 0 Å². The van der Waals surface area contributed by atoms with Crippen LogP contribution < -0.4 is 11.1 Å². The van der Waals surface area contributed by atoms with Gasteiger partial charge in [0.05, 0.1) is 11.9 Å². The van der Waals surface area contributed by atoms with Gasteiger partial charge in [0.25, 0.3) is 0 Å². The van der Waals surface area contributed by atoms with E-state index >= 15 is 0 Å². The van der Waals surface area contributed by atoms with Gasteiger partial charge in [-0.3, -0.25) is 0 Å². The lowest BCUT2D eigenvalue weighted by molar-refractivity contribution is 0.914. The van der Waals surface area contributed by atoms with Crippen LogP contribution >= 0.6 is 0 Å².